The highest BCUT2D eigenvalue weighted by Gasteiger charge is 2.17. The lowest BCUT2D eigenvalue weighted by atomic mass is 10.1. The number of ether oxygens (including phenoxy) is 3. The Morgan fingerprint density at radius 1 is 1.21 bits per heavy atom. The molecule has 0 aromatic heterocycles. The number of piperazine rings is 1. The number of nitrogens with zero attached hydrogens (tertiary/aromatic N) is 1. The first-order valence-corrected chi connectivity index (χ1v) is 8.08. The highest BCUT2D eigenvalue weighted by Crippen LogP contribution is 2.28. The van der Waals surface area contributed by atoms with E-state index in [0.29, 0.717) is 31.2 Å². The molecule has 7 heteroatoms. The lowest BCUT2D eigenvalue weighted by Gasteiger charge is -2.27. The Labute approximate surface area is 141 Å². The van der Waals surface area contributed by atoms with Crippen LogP contribution >= 0.6 is 0 Å². The number of benzene rings is 1. The minimum Gasteiger partial charge on any atom is -0.493 e. The van der Waals surface area contributed by atoms with E-state index < -0.39 is 0 Å². The second-order valence-corrected chi connectivity index (χ2v) is 5.39. The smallest absolute Gasteiger partial charge is 0.310 e. The Hall–Kier alpha value is -2.28. The van der Waals surface area contributed by atoms with Crippen LogP contribution in [0.5, 0.6) is 11.5 Å². The Balaban J connectivity index is 1.94. The molecule has 1 saturated heterocycles. The van der Waals surface area contributed by atoms with E-state index >= 15 is 0 Å². The predicted molar refractivity (Wildman–Crippen MR) is 88.3 cm³/mol. The van der Waals surface area contributed by atoms with Crippen LogP contribution in [-0.2, 0) is 20.7 Å². The van der Waals surface area contributed by atoms with Gasteiger partial charge in [0.05, 0.1) is 20.1 Å². The van der Waals surface area contributed by atoms with E-state index in [9.17, 15) is 9.59 Å². The van der Waals surface area contributed by atoms with Crippen LogP contribution in [0.15, 0.2) is 18.2 Å². The number of hydrogen-bond acceptors (Lipinski definition) is 6. The number of hydrogen-bond donors (Lipinski definition) is 1. The molecule has 132 valence electrons. The van der Waals surface area contributed by atoms with E-state index in [1.165, 1.54) is 7.11 Å². The van der Waals surface area contributed by atoms with Crippen molar-refractivity contribution in [3.8, 4) is 11.5 Å². The van der Waals surface area contributed by atoms with Gasteiger partial charge in [0, 0.05) is 26.2 Å². The van der Waals surface area contributed by atoms with Gasteiger partial charge >= 0.3 is 5.97 Å². The molecule has 1 aliphatic heterocycles. The zero-order chi connectivity index (χ0) is 17.4. The van der Waals surface area contributed by atoms with E-state index in [1.54, 1.807) is 30.0 Å². The summed E-state index contributed by atoms with van der Waals surface area (Å²) in [5.74, 6) is 0.634. The summed E-state index contributed by atoms with van der Waals surface area (Å²) < 4.78 is 15.8. The summed E-state index contributed by atoms with van der Waals surface area (Å²) in [5.41, 5.74) is 0.770. The Morgan fingerprint density at radius 2 is 1.96 bits per heavy atom. The van der Waals surface area contributed by atoms with Crippen molar-refractivity contribution in [2.45, 2.75) is 13.3 Å². The molecule has 2 rings (SSSR count). The fraction of sp³-hybridized carbons (Fsp3) is 0.529. The van der Waals surface area contributed by atoms with Crippen LogP contribution in [0.3, 0.4) is 0 Å². The lowest BCUT2D eigenvalue weighted by molar-refractivity contribution is -0.142. The van der Waals surface area contributed by atoms with Gasteiger partial charge in [-0.05, 0) is 24.6 Å². The van der Waals surface area contributed by atoms with Crippen LogP contribution in [0.4, 0.5) is 0 Å². The number of amides is 1. The fourth-order valence-electron chi connectivity index (χ4n) is 2.46. The second kappa shape index (κ2) is 9.12. The maximum absolute atomic E-state index is 12.1. The van der Waals surface area contributed by atoms with Gasteiger partial charge < -0.3 is 24.4 Å². The molecule has 24 heavy (non-hydrogen) atoms. The first kappa shape index (κ1) is 18.1. The van der Waals surface area contributed by atoms with Gasteiger partial charge in [-0.2, -0.15) is 0 Å². The molecule has 1 heterocycles. The minimum atomic E-state index is -0.290. The van der Waals surface area contributed by atoms with Crippen molar-refractivity contribution in [3.05, 3.63) is 23.8 Å². The zero-order valence-electron chi connectivity index (χ0n) is 14.2. The van der Waals surface area contributed by atoms with Gasteiger partial charge in [0.25, 0.3) is 5.91 Å². The van der Waals surface area contributed by atoms with Crippen molar-refractivity contribution < 1.29 is 23.8 Å². The maximum Gasteiger partial charge on any atom is 0.310 e. The molecule has 0 atom stereocenters. The van der Waals surface area contributed by atoms with Gasteiger partial charge in [0.2, 0.25) is 0 Å². The highest BCUT2D eigenvalue weighted by molar-refractivity contribution is 5.78. The van der Waals surface area contributed by atoms with Gasteiger partial charge in [-0.3, -0.25) is 9.59 Å². The van der Waals surface area contributed by atoms with Crippen LogP contribution in [0.1, 0.15) is 12.5 Å². The molecule has 1 amide bonds. The number of carbonyl (C=O) groups excluding carboxylic acids is 2. The summed E-state index contributed by atoms with van der Waals surface area (Å²) in [7, 11) is 1.52. The Bertz CT molecular complexity index is 570. The van der Waals surface area contributed by atoms with Crippen LogP contribution in [-0.4, -0.2) is 63.3 Å². The van der Waals surface area contributed by atoms with Crippen molar-refractivity contribution in [1.29, 1.82) is 0 Å². The molecule has 0 unspecified atom stereocenters. The Morgan fingerprint density at radius 3 is 2.62 bits per heavy atom. The molecule has 1 aliphatic rings. The molecule has 7 nitrogen and oxygen atoms in total. The quantitative estimate of drug-likeness (QED) is 0.735. The molecule has 1 aromatic carbocycles. The molecule has 0 aliphatic carbocycles. The molecule has 0 saturated carbocycles. The van der Waals surface area contributed by atoms with Crippen molar-refractivity contribution in [3.63, 3.8) is 0 Å². The summed E-state index contributed by atoms with van der Waals surface area (Å²) in [5, 5.41) is 3.20. The molecule has 0 radical (unpaired) electrons. The molecule has 1 fully saturated rings. The summed E-state index contributed by atoms with van der Waals surface area (Å²) >= 11 is 0. The first-order chi connectivity index (χ1) is 11.6. The van der Waals surface area contributed by atoms with E-state index in [0.717, 1.165) is 18.7 Å². The molecular weight excluding hydrogens is 312 g/mol. The summed E-state index contributed by atoms with van der Waals surface area (Å²) in [4.78, 5) is 25.4. The molecule has 0 bridgehead atoms. The van der Waals surface area contributed by atoms with Crippen molar-refractivity contribution in [2.24, 2.45) is 0 Å². The van der Waals surface area contributed by atoms with Crippen molar-refractivity contribution >= 4 is 11.9 Å². The summed E-state index contributed by atoms with van der Waals surface area (Å²) in [6.07, 6.45) is 0.171. The van der Waals surface area contributed by atoms with Crippen LogP contribution in [0, 0.1) is 0 Å². The minimum absolute atomic E-state index is 0.0341. The zero-order valence-corrected chi connectivity index (χ0v) is 14.2. The average Bonchev–Trinajstić information content (AvgIpc) is 2.61. The lowest BCUT2D eigenvalue weighted by Crippen LogP contribution is -2.47. The van der Waals surface area contributed by atoms with E-state index in [-0.39, 0.29) is 24.9 Å². The highest BCUT2D eigenvalue weighted by atomic mass is 16.5. The average molecular weight is 336 g/mol. The van der Waals surface area contributed by atoms with E-state index in [2.05, 4.69) is 5.32 Å². The number of nitrogens with one attached hydrogen (secondary N) is 1. The van der Waals surface area contributed by atoms with Gasteiger partial charge in [0.1, 0.15) is 0 Å². The van der Waals surface area contributed by atoms with Gasteiger partial charge in [0.15, 0.2) is 18.1 Å². The fourth-order valence-corrected chi connectivity index (χ4v) is 2.46. The van der Waals surface area contributed by atoms with Gasteiger partial charge in [-0.1, -0.05) is 6.07 Å². The number of rotatable bonds is 7. The summed E-state index contributed by atoms with van der Waals surface area (Å²) in [6.45, 7) is 5.08. The topological polar surface area (TPSA) is 77.1 Å². The SMILES string of the molecule is CCOC(=O)Cc1ccc(OCC(=O)N2CCNCC2)c(OC)c1. The third kappa shape index (κ3) is 5.13. The molecule has 0 spiro atoms. The molecule has 1 N–H and O–H groups in total. The largest absolute Gasteiger partial charge is 0.493 e. The monoisotopic (exact) mass is 336 g/mol. The third-order valence-corrected chi connectivity index (χ3v) is 3.70. The second-order valence-electron chi connectivity index (χ2n) is 5.39. The van der Waals surface area contributed by atoms with Gasteiger partial charge in [-0.15, -0.1) is 0 Å². The maximum atomic E-state index is 12.1. The Kier molecular flexibility index (Phi) is 6.87. The predicted octanol–water partition coefficient (Wildman–Crippen LogP) is 0.611. The number of esters is 1. The van der Waals surface area contributed by atoms with Gasteiger partial charge in [-0.25, -0.2) is 0 Å². The number of methoxy groups -OCH3 is 1. The standard InChI is InChI=1S/C17H24N2O5/c1-3-23-17(21)11-13-4-5-14(15(10-13)22-2)24-12-16(20)19-8-6-18-7-9-19/h4-5,10,18H,3,6-9,11-12H2,1-2H3. The normalized spacial score (nSPS) is 14.2. The number of carbonyl (C=O) groups is 2. The first-order valence-electron chi connectivity index (χ1n) is 8.08. The third-order valence-electron chi connectivity index (χ3n) is 3.70. The van der Waals surface area contributed by atoms with E-state index in [4.69, 9.17) is 14.2 Å². The summed E-state index contributed by atoms with van der Waals surface area (Å²) in [6, 6.07) is 5.20. The molecule has 1 aromatic rings. The van der Waals surface area contributed by atoms with Crippen LogP contribution in [0.2, 0.25) is 0 Å². The van der Waals surface area contributed by atoms with Crippen molar-refractivity contribution in [1.82, 2.24) is 10.2 Å². The van der Waals surface area contributed by atoms with Crippen LogP contribution < -0.4 is 14.8 Å². The van der Waals surface area contributed by atoms with Crippen molar-refractivity contribution in [2.75, 3.05) is 46.5 Å². The molecular formula is C17H24N2O5. The van der Waals surface area contributed by atoms with E-state index in [1.807, 2.05) is 0 Å². The van der Waals surface area contributed by atoms with Crippen LogP contribution in [0.25, 0.3) is 0 Å².